The van der Waals surface area contributed by atoms with Crippen molar-refractivity contribution in [1.82, 2.24) is 0 Å². The second-order valence-corrected chi connectivity index (χ2v) is 4.95. The molecular weight excluding hydrogens is 324 g/mol. The molecule has 0 spiro atoms. The summed E-state index contributed by atoms with van der Waals surface area (Å²) in [7, 11) is 0. The average molecular weight is 333 g/mol. The van der Waals surface area contributed by atoms with Gasteiger partial charge in [-0.1, -0.05) is 35.9 Å². The molecule has 0 aliphatic carbocycles. The van der Waals surface area contributed by atoms with Crippen LogP contribution in [0, 0.1) is 5.82 Å². The van der Waals surface area contributed by atoms with Crippen molar-refractivity contribution in [1.29, 1.82) is 0 Å². The Morgan fingerprint density at radius 3 is 2.41 bits per heavy atom. The largest absolute Gasteiger partial charge is 0.481 e. The molecular formula is C15H9ClF4O2. The van der Waals surface area contributed by atoms with Crippen LogP contribution in [-0.2, 0) is 17.4 Å². The fourth-order valence-corrected chi connectivity index (χ4v) is 2.24. The second-order valence-electron chi connectivity index (χ2n) is 4.54. The molecule has 2 aromatic carbocycles. The third-order valence-corrected chi connectivity index (χ3v) is 3.36. The highest BCUT2D eigenvalue weighted by Gasteiger charge is 2.34. The van der Waals surface area contributed by atoms with Gasteiger partial charge in [0.2, 0.25) is 0 Å². The van der Waals surface area contributed by atoms with Crippen LogP contribution in [0.25, 0.3) is 11.1 Å². The Hall–Kier alpha value is -2.08. The molecule has 1 N–H and O–H groups in total. The zero-order valence-corrected chi connectivity index (χ0v) is 11.7. The van der Waals surface area contributed by atoms with E-state index < -0.39 is 23.5 Å². The topological polar surface area (TPSA) is 37.3 Å². The van der Waals surface area contributed by atoms with Gasteiger partial charge >= 0.3 is 12.1 Å². The van der Waals surface area contributed by atoms with Crippen LogP contribution < -0.4 is 0 Å². The molecule has 22 heavy (non-hydrogen) atoms. The van der Waals surface area contributed by atoms with E-state index in [9.17, 15) is 22.4 Å². The zero-order chi connectivity index (χ0) is 16.5. The summed E-state index contributed by atoms with van der Waals surface area (Å²) >= 11 is 5.90. The molecule has 2 rings (SSSR count). The Bertz CT molecular complexity index is 726. The summed E-state index contributed by atoms with van der Waals surface area (Å²) in [4.78, 5) is 10.6. The quantitative estimate of drug-likeness (QED) is 0.820. The number of carbonyl (C=O) groups is 1. The van der Waals surface area contributed by atoms with E-state index in [1.54, 1.807) is 0 Å². The molecule has 0 aliphatic heterocycles. The SMILES string of the molecule is O=C(O)Cc1ccc(-c2cccc(C(F)(F)F)c2F)cc1Cl. The minimum atomic E-state index is -4.80. The van der Waals surface area contributed by atoms with Crippen molar-refractivity contribution in [2.75, 3.05) is 0 Å². The van der Waals surface area contributed by atoms with Gasteiger partial charge in [0, 0.05) is 10.6 Å². The first-order chi connectivity index (χ1) is 10.2. The maximum atomic E-state index is 14.0. The highest BCUT2D eigenvalue weighted by Crippen LogP contribution is 2.36. The van der Waals surface area contributed by atoms with Crippen molar-refractivity contribution in [3.63, 3.8) is 0 Å². The molecule has 0 amide bonds. The molecule has 2 aromatic rings. The first kappa shape index (κ1) is 16.3. The number of carboxylic acid groups (broad SMARTS) is 1. The number of hydrogen-bond donors (Lipinski definition) is 1. The Labute approximate surface area is 128 Å². The average Bonchev–Trinajstić information content (AvgIpc) is 2.39. The van der Waals surface area contributed by atoms with E-state index in [4.69, 9.17) is 16.7 Å². The summed E-state index contributed by atoms with van der Waals surface area (Å²) in [5.74, 6) is -2.49. The summed E-state index contributed by atoms with van der Waals surface area (Å²) in [6, 6.07) is 6.89. The van der Waals surface area contributed by atoms with Crippen LogP contribution in [-0.4, -0.2) is 11.1 Å². The summed E-state index contributed by atoms with van der Waals surface area (Å²) in [5.41, 5.74) is -1.18. The van der Waals surface area contributed by atoms with Crippen LogP contribution in [0.4, 0.5) is 17.6 Å². The number of carboxylic acids is 1. The Morgan fingerprint density at radius 2 is 1.86 bits per heavy atom. The molecule has 0 aliphatic rings. The van der Waals surface area contributed by atoms with Gasteiger partial charge in [0.05, 0.1) is 12.0 Å². The molecule has 0 fully saturated rings. The third-order valence-electron chi connectivity index (χ3n) is 3.01. The van der Waals surface area contributed by atoms with Gasteiger partial charge in [0.1, 0.15) is 5.82 Å². The normalized spacial score (nSPS) is 11.5. The maximum absolute atomic E-state index is 14.0. The highest BCUT2D eigenvalue weighted by atomic mass is 35.5. The van der Waals surface area contributed by atoms with Crippen LogP contribution in [0.5, 0.6) is 0 Å². The molecule has 0 bridgehead atoms. The van der Waals surface area contributed by atoms with E-state index >= 15 is 0 Å². The van der Waals surface area contributed by atoms with Crippen molar-refractivity contribution in [2.24, 2.45) is 0 Å². The smallest absolute Gasteiger partial charge is 0.419 e. The number of aliphatic carboxylic acids is 1. The van der Waals surface area contributed by atoms with E-state index in [0.29, 0.717) is 11.6 Å². The van der Waals surface area contributed by atoms with Gasteiger partial charge in [0.15, 0.2) is 0 Å². The predicted octanol–water partition coefficient (Wildman–Crippen LogP) is 4.79. The van der Waals surface area contributed by atoms with Crippen molar-refractivity contribution in [3.05, 3.63) is 58.4 Å². The molecule has 7 heteroatoms. The van der Waals surface area contributed by atoms with Crippen LogP contribution in [0.3, 0.4) is 0 Å². The lowest BCUT2D eigenvalue weighted by molar-refractivity contribution is -0.140. The summed E-state index contributed by atoms with van der Waals surface area (Å²) in [5, 5.41) is 8.76. The van der Waals surface area contributed by atoms with Gasteiger partial charge in [-0.25, -0.2) is 4.39 Å². The van der Waals surface area contributed by atoms with Gasteiger partial charge in [0.25, 0.3) is 0 Å². The lowest BCUT2D eigenvalue weighted by Gasteiger charge is -2.12. The Morgan fingerprint density at radius 1 is 1.18 bits per heavy atom. The van der Waals surface area contributed by atoms with Gasteiger partial charge in [-0.3, -0.25) is 4.79 Å². The summed E-state index contributed by atoms with van der Waals surface area (Å²) in [6.45, 7) is 0. The minimum absolute atomic E-state index is 0.0525. The van der Waals surface area contributed by atoms with Gasteiger partial charge < -0.3 is 5.11 Å². The van der Waals surface area contributed by atoms with Crippen molar-refractivity contribution >= 4 is 17.6 Å². The first-order valence-electron chi connectivity index (χ1n) is 6.06. The second kappa shape index (κ2) is 5.96. The maximum Gasteiger partial charge on any atom is 0.419 e. The molecule has 0 aromatic heterocycles. The van der Waals surface area contributed by atoms with Gasteiger partial charge in [-0.05, 0) is 23.3 Å². The van der Waals surface area contributed by atoms with Crippen molar-refractivity contribution in [2.45, 2.75) is 12.6 Å². The molecule has 0 unspecified atom stereocenters. The fourth-order valence-electron chi connectivity index (χ4n) is 1.99. The monoisotopic (exact) mass is 332 g/mol. The number of alkyl halides is 3. The van der Waals surface area contributed by atoms with Crippen LogP contribution in [0.2, 0.25) is 5.02 Å². The third kappa shape index (κ3) is 3.39. The van der Waals surface area contributed by atoms with Crippen molar-refractivity contribution in [3.8, 4) is 11.1 Å². The minimum Gasteiger partial charge on any atom is -0.481 e. The lowest BCUT2D eigenvalue weighted by Crippen LogP contribution is -2.08. The zero-order valence-electron chi connectivity index (χ0n) is 10.9. The van der Waals surface area contributed by atoms with Crippen LogP contribution in [0.15, 0.2) is 36.4 Å². The standard InChI is InChI=1S/C15H9ClF4O2/c16-12-6-8(4-5-9(12)7-13(21)22)10-2-1-3-11(14(10)17)15(18,19)20/h1-6H,7H2,(H,21,22). The van der Waals surface area contributed by atoms with Gasteiger partial charge in [-0.2, -0.15) is 13.2 Å². The lowest BCUT2D eigenvalue weighted by atomic mass is 10.00. The molecule has 0 radical (unpaired) electrons. The number of halogens is 5. The molecule has 116 valence electrons. The fraction of sp³-hybridized carbons (Fsp3) is 0.133. The van der Waals surface area contributed by atoms with E-state index in [-0.39, 0.29) is 22.6 Å². The number of benzene rings is 2. The predicted molar refractivity (Wildman–Crippen MR) is 73.2 cm³/mol. The summed E-state index contributed by atoms with van der Waals surface area (Å²) in [6.07, 6.45) is -5.13. The van der Waals surface area contributed by atoms with Crippen LogP contribution >= 0.6 is 11.6 Å². The van der Waals surface area contributed by atoms with E-state index in [0.717, 1.165) is 6.07 Å². The molecule has 2 nitrogen and oxygen atoms in total. The first-order valence-corrected chi connectivity index (χ1v) is 6.44. The van der Waals surface area contributed by atoms with E-state index in [1.807, 2.05) is 0 Å². The highest BCUT2D eigenvalue weighted by molar-refractivity contribution is 6.31. The van der Waals surface area contributed by atoms with E-state index in [2.05, 4.69) is 0 Å². The molecule has 0 saturated carbocycles. The van der Waals surface area contributed by atoms with Crippen LogP contribution in [0.1, 0.15) is 11.1 Å². The summed E-state index contributed by atoms with van der Waals surface area (Å²) < 4.78 is 52.1. The Balaban J connectivity index is 2.49. The van der Waals surface area contributed by atoms with Crippen molar-refractivity contribution < 1.29 is 27.5 Å². The number of hydrogen-bond acceptors (Lipinski definition) is 1. The molecule has 0 atom stereocenters. The molecule has 0 saturated heterocycles. The molecule has 0 heterocycles. The van der Waals surface area contributed by atoms with E-state index in [1.165, 1.54) is 24.3 Å². The Kier molecular flexibility index (Phi) is 4.42. The van der Waals surface area contributed by atoms with Gasteiger partial charge in [-0.15, -0.1) is 0 Å². The number of rotatable bonds is 3.